The topological polar surface area (TPSA) is 83.8 Å². The molecule has 1 amide bonds. The molecule has 4 rings (SSSR count). The summed E-state index contributed by atoms with van der Waals surface area (Å²) in [5.41, 5.74) is 3.21. The number of amides is 1. The SMILES string of the molecule is C[S+](OCCN1CCNC(=O)c2cccc(c2)-c2cnn3ccc(nc23)NCC1)C(C)(C)C. The number of carbonyl (C=O) groups excluding carboxylic acids is 1. The zero-order valence-corrected chi connectivity index (χ0v) is 20.6. The molecule has 2 N–H and O–H groups in total. The van der Waals surface area contributed by atoms with Crippen molar-refractivity contribution in [3.63, 3.8) is 0 Å². The van der Waals surface area contributed by atoms with Gasteiger partial charge in [0.1, 0.15) is 29.9 Å². The number of carbonyl (C=O) groups is 1. The van der Waals surface area contributed by atoms with Crippen molar-refractivity contribution >= 4 is 28.5 Å². The van der Waals surface area contributed by atoms with E-state index in [1.807, 2.05) is 36.5 Å². The van der Waals surface area contributed by atoms with Gasteiger partial charge in [-0.2, -0.15) is 9.28 Å². The lowest BCUT2D eigenvalue weighted by atomic mass is 10.1. The Balaban J connectivity index is 1.53. The normalized spacial score (nSPS) is 16.7. The van der Waals surface area contributed by atoms with Crippen LogP contribution in [0, 0.1) is 0 Å². The third-order valence-corrected chi connectivity index (χ3v) is 8.03. The van der Waals surface area contributed by atoms with Crippen molar-refractivity contribution in [3.8, 4) is 11.1 Å². The Morgan fingerprint density at radius 3 is 2.67 bits per heavy atom. The van der Waals surface area contributed by atoms with Crippen LogP contribution in [-0.4, -0.2) is 75.7 Å². The number of rotatable bonds is 4. The van der Waals surface area contributed by atoms with Gasteiger partial charge < -0.3 is 10.6 Å². The second-order valence-electron chi connectivity index (χ2n) is 9.13. The van der Waals surface area contributed by atoms with Crippen LogP contribution in [0.2, 0.25) is 0 Å². The van der Waals surface area contributed by atoms with Gasteiger partial charge in [-0.3, -0.25) is 9.69 Å². The van der Waals surface area contributed by atoms with Gasteiger partial charge in [-0.1, -0.05) is 12.1 Å². The molecule has 0 saturated heterocycles. The summed E-state index contributed by atoms with van der Waals surface area (Å²) >= 11 is -0.112. The molecule has 2 aromatic heterocycles. The number of benzene rings is 1. The van der Waals surface area contributed by atoms with Crippen LogP contribution >= 0.6 is 0 Å². The molecule has 3 aromatic rings. The molecule has 0 fully saturated rings. The van der Waals surface area contributed by atoms with E-state index in [4.69, 9.17) is 9.17 Å². The van der Waals surface area contributed by atoms with E-state index in [1.54, 1.807) is 10.7 Å². The van der Waals surface area contributed by atoms with Crippen LogP contribution in [-0.2, 0) is 15.4 Å². The van der Waals surface area contributed by atoms with Gasteiger partial charge in [0.05, 0.1) is 6.20 Å². The molecular weight excluding hydrogens is 436 g/mol. The molecule has 1 atom stereocenters. The number of fused-ring (bicyclic) bond motifs is 4. The summed E-state index contributed by atoms with van der Waals surface area (Å²) in [5.74, 6) is 0.734. The molecule has 4 bridgehead atoms. The highest BCUT2D eigenvalue weighted by molar-refractivity contribution is 7.93. The molecule has 0 aliphatic carbocycles. The first-order valence-corrected chi connectivity index (χ1v) is 12.9. The Bertz CT molecular complexity index is 1110. The molecule has 0 spiro atoms. The van der Waals surface area contributed by atoms with E-state index in [9.17, 15) is 4.79 Å². The fraction of sp³-hybridized carbons (Fsp3) is 0.458. The highest BCUT2D eigenvalue weighted by Gasteiger charge is 2.32. The van der Waals surface area contributed by atoms with Crippen LogP contribution in [0.1, 0.15) is 31.1 Å². The summed E-state index contributed by atoms with van der Waals surface area (Å²) in [5, 5.41) is 10.9. The van der Waals surface area contributed by atoms with Crippen molar-refractivity contribution in [2.45, 2.75) is 25.5 Å². The van der Waals surface area contributed by atoms with Gasteiger partial charge in [0, 0.05) is 50.0 Å². The highest BCUT2D eigenvalue weighted by atomic mass is 32.2. The van der Waals surface area contributed by atoms with E-state index >= 15 is 0 Å². The highest BCUT2D eigenvalue weighted by Crippen LogP contribution is 2.25. The summed E-state index contributed by atoms with van der Waals surface area (Å²) in [4.78, 5) is 19.9. The number of hydrogen-bond donors (Lipinski definition) is 2. The molecule has 176 valence electrons. The molecule has 9 heteroatoms. The molecule has 1 aliphatic heterocycles. The fourth-order valence-electron chi connectivity index (χ4n) is 3.57. The van der Waals surface area contributed by atoms with Gasteiger partial charge in [-0.05, 0) is 44.5 Å². The van der Waals surface area contributed by atoms with Crippen molar-refractivity contribution in [2.75, 3.05) is 50.9 Å². The summed E-state index contributed by atoms with van der Waals surface area (Å²) in [6, 6.07) is 9.55. The zero-order chi connectivity index (χ0) is 23.4. The van der Waals surface area contributed by atoms with Gasteiger partial charge in [-0.15, -0.1) is 0 Å². The zero-order valence-electron chi connectivity index (χ0n) is 19.8. The van der Waals surface area contributed by atoms with E-state index < -0.39 is 0 Å². The molecule has 1 aromatic carbocycles. The van der Waals surface area contributed by atoms with Crippen LogP contribution < -0.4 is 10.6 Å². The first-order chi connectivity index (χ1) is 15.8. The van der Waals surface area contributed by atoms with E-state index in [0.29, 0.717) is 18.7 Å². The fourth-order valence-corrected chi connectivity index (χ4v) is 4.25. The first kappa shape index (κ1) is 23.5. The number of nitrogens with zero attached hydrogens (tertiary/aromatic N) is 4. The molecule has 0 saturated carbocycles. The minimum Gasteiger partial charge on any atom is -0.369 e. The van der Waals surface area contributed by atoms with Gasteiger partial charge >= 0.3 is 0 Å². The van der Waals surface area contributed by atoms with Crippen LogP contribution in [0.15, 0.2) is 42.7 Å². The first-order valence-electron chi connectivity index (χ1n) is 11.3. The average Bonchev–Trinajstić information content (AvgIpc) is 3.21. The summed E-state index contributed by atoms with van der Waals surface area (Å²) in [6.45, 7) is 11.0. The second-order valence-corrected chi connectivity index (χ2v) is 11.5. The Labute approximate surface area is 198 Å². The molecule has 8 nitrogen and oxygen atoms in total. The average molecular weight is 470 g/mol. The largest absolute Gasteiger partial charge is 0.369 e. The molecule has 33 heavy (non-hydrogen) atoms. The predicted octanol–water partition coefficient (Wildman–Crippen LogP) is 2.83. The van der Waals surface area contributed by atoms with E-state index in [-0.39, 0.29) is 21.8 Å². The van der Waals surface area contributed by atoms with E-state index in [0.717, 1.165) is 48.8 Å². The maximum absolute atomic E-state index is 12.8. The van der Waals surface area contributed by atoms with E-state index in [1.165, 1.54) is 0 Å². The quantitative estimate of drug-likeness (QED) is 0.572. The van der Waals surface area contributed by atoms with E-state index in [2.05, 4.69) is 47.7 Å². The minimum atomic E-state index is -0.112. The van der Waals surface area contributed by atoms with Crippen molar-refractivity contribution in [1.82, 2.24) is 24.8 Å². The summed E-state index contributed by atoms with van der Waals surface area (Å²) < 4.78 is 7.99. The maximum Gasteiger partial charge on any atom is 0.251 e. The monoisotopic (exact) mass is 469 g/mol. The van der Waals surface area contributed by atoms with Crippen LogP contribution in [0.4, 0.5) is 5.82 Å². The smallest absolute Gasteiger partial charge is 0.251 e. The number of hydrogen-bond acceptors (Lipinski definition) is 6. The number of aromatic nitrogens is 3. The van der Waals surface area contributed by atoms with Gasteiger partial charge in [0.2, 0.25) is 0 Å². The Morgan fingerprint density at radius 1 is 1.12 bits per heavy atom. The molecule has 1 unspecified atom stereocenters. The second kappa shape index (κ2) is 10.1. The van der Waals surface area contributed by atoms with Crippen molar-refractivity contribution < 1.29 is 8.98 Å². The Kier molecular flexibility index (Phi) is 7.21. The lowest BCUT2D eigenvalue weighted by Crippen LogP contribution is -2.40. The van der Waals surface area contributed by atoms with Gasteiger partial charge in [-0.25, -0.2) is 9.50 Å². The van der Waals surface area contributed by atoms with Crippen molar-refractivity contribution in [1.29, 1.82) is 0 Å². The Hall–Kier alpha value is -2.62. The summed E-state index contributed by atoms with van der Waals surface area (Å²) in [6.07, 6.45) is 5.85. The number of anilines is 1. The van der Waals surface area contributed by atoms with Crippen molar-refractivity contribution in [2.24, 2.45) is 0 Å². The Morgan fingerprint density at radius 2 is 1.88 bits per heavy atom. The molecule has 0 radical (unpaired) electrons. The predicted molar refractivity (Wildman–Crippen MR) is 135 cm³/mol. The third kappa shape index (κ3) is 5.85. The third-order valence-electron chi connectivity index (χ3n) is 5.78. The minimum absolute atomic E-state index is 0.0750. The van der Waals surface area contributed by atoms with Crippen LogP contribution in [0.3, 0.4) is 0 Å². The summed E-state index contributed by atoms with van der Waals surface area (Å²) in [7, 11) is 0. The van der Waals surface area contributed by atoms with Gasteiger partial charge in [0.15, 0.2) is 10.4 Å². The van der Waals surface area contributed by atoms with Gasteiger partial charge in [0.25, 0.3) is 5.91 Å². The van der Waals surface area contributed by atoms with Crippen molar-refractivity contribution in [3.05, 3.63) is 48.3 Å². The molecule has 3 heterocycles. The molecule has 1 aliphatic rings. The lowest BCUT2D eigenvalue weighted by molar-refractivity contribution is 0.0947. The molecular formula is C24H33N6O2S+. The standard InChI is InChI=1S/C24H32N6O2S/c1-24(2,3)33(4)32-15-14-29-12-9-25-21-8-11-30-22(28-21)20(17-27-30)18-6-5-7-19(16-18)23(31)26-10-13-29/h5-8,11,16-17H,9-10,12-15H2,1-4H3,(H-,25,26,27,28,31)/p+1. The lowest BCUT2D eigenvalue weighted by Gasteiger charge is -2.23. The van der Waals surface area contributed by atoms with Crippen LogP contribution in [0.25, 0.3) is 16.8 Å². The number of nitrogens with one attached hydrogen (secondary N) is 2. The maximum atomic E-state index is 12.8. The van der Waals surface area contributed by atoms with Crippen LogP contribution in [0.5, 0.6) is 0 Å².